The van der Waals surface area contributed by atoms with Crippen LogP contribution in [0.3, 0.4) is 0 Å². The number of anilines is 5. The van der Waals surface area contributed by atoms with Gasteiger partial charge < -0.3 is 119 Å². The minimum Gasteiger partial charge on any atom is -1.00 e. The molecule has 0 bridgehead atoms. The highest BCUT2D eigenvalue weighted by Gasteiger charge is 2.15. The lowest BCUT2D eigenvalue weighted by molar-refractivity contribution is -0.721. The zero-order chi connectivity index (χ0) is 79.6. The maximum atomic E-state index is 4.53. The van der Waals surface area contributed by atoms with Gasteiger partial charge in [0.1, 0.15) is 35.1 Å². The highest BCUT2D eigenvalue weighted by molar-refractivity contribution is 9.09. The molecule has 0 aliphatic carbocycles. The summed E-state index contributed by atoms with van der Waals surface area (Å²) in [7, 11) is 20.2. The fourth-order valence-electron chi connectivity index (χ4n) is 10.9. The van der Waals surface area contributed by atoms with Crippen LogP contribution in [0.15, 0.2) is 351 Å². The number of nitrogens with one attached hydrogen (secondary N) is 1. The molecule has 1 N–H and O–H groups in total. The Morgan fingerprint density at radius 1 is 0.331 bits per heavy atom. The molecular formula is C86H104Br6N26. The fourth-order valence-corrected chi connectivity index (χ4v) is 11.1. The van der Waals surface area contributed by atoms with Crippen LogP contribution in [0.5, 0.6) is 0 Å². The van der Waals surface area contributed by atoms with E-state index in [1.54, 1.807) is 31.1 Å². The second-order valence-corrected chi connectivity index (χ2v) is 27.6. The van der Waals surface area contributed by atoms with E-state index < -0.39 is 0 Å². The van der Waals surface area contributed by atoms with Gasteiger partial charge in [0.2, 0.25) is 6.33 Å². The SMILES string of the molecule is CN(C)c1ccc(N=Nc2cccc[n+]2CCCBr)cc1.CN(C)c1ccc(N=Nc2cccc[n+]2CCCn2cc[n+](CCC[n+]3ccccc3N=Nc3ccc(N(C)C)cc3)c2)cc1.CN(C)c1ccc(N=Nc2cccc[n+]2CCCn2ccnc2)cc1.CN(C)c1ccc(N=Nc2ccccn2)cc1.[Br-].[Br-].[Br-].[Br-].[Br-].c1c[nH]cn1. The Morgan fingerprint density at radius 2 is 0.678 bits per heavy atom. The van der Waals surface area contributed by atoms with Crippen LogP contribution in [-0.2, 0) is 45.8 Å². The molecule has 13 rings (SSSR count). The van der Waals surface area contributed by atoms with Gasteiger partial charge >= 0.3 is 23.3 Å². The quantitative estimate of drug-likeness (QED) is 0.0398. The summed E-state index contributed by atoms with van der Waals surface area (Å²) in [6.45, 7) is 6.30. The zero-order valence-corrected chi connectivity index (χ0v) is 77.7. The van der Waals surface area contributed by atoms with Crippen molar-refractivity contribution in [2.45, 2.75) is 71.5 Å². The van der Waals surface area contributed by atoms with E-state index in [1.165, 1.54) is 0 Å². The number of rotatable bonds is 30. The second kappa shape index (κ2) is 55.9. The van der Waals surface area contributed by atoms with Crippen LogP contribution in [-0.4, -0.2) is 105 Å². The molecule has 26 nitrogen and oxygen atoms in total. The van der Waals surface area contributed by atoms with Crippen molar-refractivity contribution >= 4 is 102 Å². The van der Waals surface area contributed by atoms with Crippen LogP contribution in [0.2, 0.25) is 0 Å². The predicted molar refractivity (Wildman–Crippen MR) is 453 cm³/mol. The number of imidazole rings is 3. The zero-order valence-electron chi connectivity index (χ0n) is 68.2. The Morgan fingerprint density at radius 3 is 0.983 bits per heavy atom. The van der Waals surface area contributed by atoms with Gasteiger partial charge in [0.25, 0.3) is 0 Å². The molecule has 0 fully saturated rings. The molecule has 0 saturated carbocycles. The fraction of sp³-hybridized carbons (Fsp3) is 0.256. The van der Waals surface area contributed by atoms with E-state index >= 15 is 0 Å². The van der Waals surface area contributed by atoms with E-state index in [4.69, 9.17) is 0 Å². The third kappa shape index (κ3) is 35.7. The minimum atomic E-state index is 0. The molecule has 0 saturated heterocycles. The van der Waals surface area contributed by atoms with E-state index in [0.717, 1.165) is 157 Å². The molecule has 118 heavy (non-hydrogen) atoms. The van der Waals surface area contributed by atoms with E-state index in [1.807, 2.05) is 313 Å². The molecule has 8 heterocycles. The number of aromatic amines is 1. The van der Waals surface area contributed by atoms with E-state index in [-0.39, 0.29) is 84.9 Å². The van der Waals surface area contributed by atoms with Crippen molar-refractivity contribution in [2.75, 3.05) is 100 Å². The van der Waals surface area contributed by atoms with Crippen molar-refractivity contribution in [3.8, 4) is 0 Å². The third-order valence-corrected chi connectivity index (χ3v) is 17.7. The molecule has 13 aromatic rings. The lowest BCUT2D eigenvalue weighted by Crippen LogP contribution is -3.00. The molecule has 0 atom stereocenters. The van der Waals surface area contributed by atoms with Crippen molar-refractivity contribution < 1.29 is 108 Å². The number of benzene rings is 5. The van der Waals surface area contributed by atoms with Gasteiger partial charge in [0.15, 0.2) is 5.82 Å². The number of H-pyrrole nitrogens is 1. The van der Waals surface area contributed by atoms with Crippen LogP contribution in [0.25, 0.3) is 0 Å². The van der Waals surface area contributed by atoms with Gasteiger partial charge in [-0.2, -0.15) is 0 Å². The van der Waals surface area contributed by atoms with Gasteiger partial charge in [-0.1, -0.05) is 46.3 Å². The molecule has 0 radical (unpaired) electrons. The Hall–Kier alpha value is -10.6. The van der Waals surface area contributed by atoms with Crippen LogP contribution in [0.1, 0.15) is 25.7 Å². The lowest BCUT2D eigenvalue weighted by Gasteiger charge is -2.11. The van der Waals surface area contributed by atoms with Crippen molar-refractivity contribution in [3.05, 3.63) is 299 Å². The van der Waals surface area contributed by atoms with Gasteiger partial charge in [-0.15, -0.1) is 10.2 Å². The van der Waals surface area contributed by atoms with Gasteiger partial charge in [-0.25, -0.2) is 42.4 Å². The summed E-state index contributed by atoms with van der Waals surface area (Å²) >= 11 is 3.45. The van der Waals surface area contributed by atoms with Crippen molar-refractivity contribution in [2.24, 2.45) is 51.1 Å². The minimum absolute atomic E-state index is 0. The van der Waals surface area contributed by atoms with Crippen LogP contribution >= 0.6 is 15.9 Å². The lowest BCUT2D eigenvalue weighted by atomic mass is 10.3. The van der Waals surface area contributed by atoms with Gasteiger partial charge in [0.05, 0.1) is 103 Å². The number of pyridine rings is 5. The maximum Gasteiger partial charge on any atom is 0.350 e. The van der Waals surface area contributed by atoms with Crippen LogP contribution in [0.4, 0.5) is 86.0 Å². The van der Waals surface area contributed by atoms with Gasteiger partial charge in [-0.3, -0.25) is 0 Å². The Kier molecular flexibility index (Phi) is 47.2. The molecule has 8 aromatic heterocycles. The highest BCUT2D eigenvalue weighted by atomic mass is 79.9. The summed E-state index contributed by atoms with van der Waals surface area (Å²) in [5.74, 6) is 4.02. The van der Waals surface area contributed by atoms with Gasteiger partial charge in [-0.05, 0) is 185 Å². The number of aryl methyl sites for hydroxylation is 7. The average Bonchev–Trinajstić information content (AvgIpc) is 1.02. The van der Waals surface area contributed by atoms with E-state index in [9.17, 15) is 0 Å². The largest absolute Gasteiger partial charge is 1.00 e. The summed E-state index contributed by atoms with van der Waals surface area (Å²) in [5, 5.41) is 44.6. The summed E-state index contributed by atoms with van der Waals surface area (Å²) < 4.78 is 15.1. The first-order valence-electron chi connectivity index (χ1n) is 37.4. The molecule has 5 aromatic carbocycles. The Labute approximate surface area is 754 Å². The number of halogens is 6. The van der Waals surface area contributed by atoms with Gasteiger partial charge in [0, 0.05) is 185 Å². The van der Waals surface area contributed by atoms with Crippen molar-refractivity contribution in [1.82, 2.24) is 29.1 Å². The van der Waals surface area contributed by atoms with Crippen LogP contribution < -0.4 is 132 Å². The summed E-state index contributed by atoms with van der Waals surface area (Å²) in [5.41, 5.74) is 9.92. The van der Waals surface area contributed by atoms with Crippen molar-refractivity contribution in [3.63, 3.8) is 0 Å². The Balaban J connectivity index is 0.000000341. The first-order valence-corrected chi connectivity index (χ1v) is 38.5. The summed E-state index contributed by atoms with van der Waals surface area (Å²) in [6, 6.07) is 69.7. The molecule has 0 amide bonds. The number of aromatic nitrogens is 11. The second-order valence-electron chi connectivity index (χ2n) is 26.8. The molecule has 0 spiro atoms. The molecule has 0 unspecified atom stereocenters. The molecular weight excluding hydrogens is 1880 g/mol. The predicted octanol–water partition coefficient (Wildman–Crippen LogP) is 3.47. The number of alkyl halides is 1. The first kappa shape index (κ1) is 99.7. The number of hydrogen-bond acceptors (Lipinski definition) is 18. The van der Waals surface area contributed by atoms with E-state index in [0.29, 0.717) is 5.82 Å². The molecule has 620 valence electrons. The maximum absolute atomic E-state index is 4.53. The van der Waals surface area contributed by atoms with Crippen LogP contribution in [0, 0.1) is 0 Å². The highest BCUT2D eigenvalue weighted by Crippen LogP contribution is 2.26. The standard InChI is InChI=1S/C35H43N10.C19H23N6.C16H20BrN4.C13H14N4.C3H4N2.5BrH/c1-40(2)32-17-13-30(14-18-32)36-38-34-11-5-7-23-44(34)25-9-21-42-27-28-43(29-42)22-10-26-45-24-8-6-12-35(45)39-37-31-15-19-33(20-16-31)41(3)4;1-23(2)18-9-7-17(8-10-18)21-22-19-6-3-4-13-25(19)14-5-12-24-15-11-20-16-24;1-20(2)15-9-7-14(8-10-15)18-19-16-6-3-4-12-21(16)13-5-11-17;1-17(2)12-8-6-11(7-9-12)15-16-13-5-3-4-10-14-13;1-2-5-3-4-1;;;;;/h5-8,11-20,23-24,27-29H,9-10,21-22,25-26H2,1-4H3;3-4,6-11,13,15-16H,5,12,14H2,1-2H3;3-4,6-10,12H,5,11,13H2,1-2H3;3-10H,1-2H3;1-3H,(H,4,5);5*1H/q+3;2*+1;;;;;;;/p-5. The summed E-state index contributed by atoms with van der Waals surface area (Å²) in [6.07, 6.45) is 31.1. The Bertz CT molecular complexity index is 4850. The topological polar surface area (TPSA) is 224 Å². The monoisotopic (exact) mass is 1970 g/mol. The van der Waals surface area contributed by atoms with E-state index in [2.05, 4.69) is 170 Å². The average molecular weight is 1980 g/mol. The number of hydrogen-bond donors (Lipinski definition) is 1. The number of azo groups is 5. The number of nitrogens with zero attached hydrogens (tertiary/aromatic N) is 25. The molecule has 0 aliphatic rings. The third-order valence-electron chi connectivity index (χ3n) is 17.2. The summed E-state index contributed by atoms with van der Waals surface area (Å²) in [4.78, 5) is 24.9. The normalized spacial score (nSPS) is 10.6. The first-order chi connectivity index (χ1) is 55.1. The van der Waals surface area contributed by atoms with Crippen molar-refractivity contribution in [1.29, 1.82) is 0 Å². The molecule has 0 aliphatic heterocycles. The smallest absolute Gasteiger partial charge is 0.350 e. The molecule has 32 heteroatoms.